The third-order valence-electron chi connectivity index (χ3n) is 3.68. The molecule has 4 nitrogen and oxygen atoms in total. The number of pyridine rings is 1. The van der Waals surface area contributed by atoms with E-state index in [1.165, 1.54) is 0 Å². The van der Waals surface area contributed by atoms with Crippen LogP contribution in [0.4, 0.5) is 4.79 Å². The summed E-state index contributed by atoms with van der Waals surface area (Å²) in [6.07, 6.45) is 4.97. The number of aromatic nitrogens is 1. The van der Waals surface area contributed by atoms with E-state index in [0.717, 1.165) is 37.0 Å². The molecule has 1 aromatic rings. The molecule has 18 heavy (non-hydrogen) atoms. The second kappa shape index (κ2) is 4.12. The van der Waals surface area contributed by atoms with Gasteiger partial charge in [0.15, 0.2) is 11.4 Å². The first kappa shape index (κ1) is 11.3. The highest BCUT2D eigenvalue weighted by Gasteiger charge is 2.50. The lowest BCUT2D eigenvalue weighted by Gasteiger charge is -2.21. The normalized spacial score (nSPS) is 23.9. The summed E-state index contributed by atoms with van der Waals surface area (Å²) in [5, 5.41) is 0. The molecule has 4 heteroatoms. The Morgan fingerprint density at radius 3 is 2.78 bits per heavy atom. The molecule has 0 N–H and O–H groups in total. The number of rotatable bonds is 1. The molecule has 1 saturated carbocycles. The monoisotopic (exact) mass is 245 g/mol. The minimum atomic E-state index is -0.581. The number of allylic oxidation sites excluding steroid dienone is 1. The molecule has 0 radical (unpaired) electrons. The maximum Gasteiger partial charge on any atom is 0.514 e. The quantitative estimate of drug-likeness (QED) is 0.712. The molecule has 0 unspecified atom stereocenters. The van der Waals surface area contributed by atoms with Crippen LogP contribution in [-0.2, 0) is 9.47 Å². The van der Waals surface area contributed by atoms with E-state index >= 15 is 0 Å². The highest BCUT2D eigenvalue weighted by Crippen LogP contribution is 2.46. The van der Waals surface area contributed by atoms with Crippen molar-refractivity contribution >= 4 is 11.7 Å². The fourth-order valence-corrected chi connectivity index (χ4v) is 2.80. The van der Waals surface area contributed by atoms with Gasteiger partial charge < -0.3 is 9.47 Å². The van der Waals surface area contributed by atoms with E-state index in [4.69, 9.17) is 9.47 Å². The van der Waals surface area contributed by atoms with Gasteiger partial charge in [-0.05, 0) is 44.7 Å². The summed E-state index contributed by atoms with van der Waals surface area (Å²) in [4.78, 5) is 15.7. The lowest BCUT2D eigenvalue weighted by molar-refractivity contribution is 0.0699. The van der Waals surface area contributed by atoms with Gasteiger partial charge in [0.25, 0.3) is 0 Å². The number of carbonyl (C=O) groups excluding carboxylic acids is 1. The Kier molecular flexibility index (Phi) is 2.58. The zero-order valence-corrected chi connectivity index (χ0v) is 10.3. The molecule has 0 amide bonds. The third kappa shape index (κ3) is 1.68. The van der Waals surface area contributed by atoms with Crippen molar-refractivity contribution in [2.75, 3.05) is 0 Å². The van der Waals surface area contributed by atoms with Gasteiger partial charge in [-0.15, -0.1) is 0 Å². The van der Waals surface area contributed by atoms with E-state index in [2.05, 4.69) is 4.98 Å². The predicted molar refractivity (Wildman–Crippen MR) is 65.6 cm³/mol. The van der Waals surface area contributed by atoms with Gasteiger partial charge in [0.1, 0.15) is 0 Å². The molecule has 0 atom stereocenters. The number of nitrogens with zero attached hydrogens (tertiary/aromatic N) is 1. The zero-order chi connectivity index (χ0) is 12.6. The van der Waals surface area contributed by atoms with Gasteiger partial charge in [-0.1, -0.05) is 6.07 Å². The Labute approximate surface area is 106 Å². The van der Waals surface area contributed by atoms with Crippen LogP contribution in [0.1, 0.15) is 38.3 Å². The summed E-state index contributed by atoms with van der Waals surface area (Å²) in [6, 6.07) is 5.70. The highest BCUT2D eigenvalue weighted by molar-refractivity contribution is 5.74. The predicted octanol–water partition coefficient (Wildman–Crippen LogP) is 3.29. The molecule has 0 bridgehead atoms. The average molecular weight is 245 g/mol. The number of carbonyl (C=O) groups is 1. The van der Waals surface area contributed by atoms with Crippen molar-refractivity contribution < 1.29 is 14.3 Å². The standard InChI is InChI=1S/C14H15NO3/c1-10(11-6-2-5-9-15-11)12-14(7-3-4-8-14)18-13(16)17-12/h2,5-6,9H,3-4,7-8H2,1H3/b12-10-. The first-order chi connectivity index (χ1) is 8.71. The van der Waals surface area contributed by atoms with Crippen LogP contribution >= 0.6 is 0 Å². The topological polar surface area (TPSA) is 48.4 Å². The Balaban J connectivity index is 2.06. The van der Waals surface area contributed by atoms with Crippen molar-refractivity contribution in [3.8, 4) is 0 Å². The second-order valence-corrected chi connectivity index (χ2v) is 4.82. The first-order valence-electron chi connectivity index (χ1n) is 6.25. The van der Waals surface area contributed by atoms with E-state index in [9.17, 15) is 4.79 Å². The largest absolute Gasteiger partial charge is 0.514 e. The number of ether oxygens (including phenoxy) is 2. The van der Waals surface area contributed by atoms with E-state index in [1.807, 2.05) is 25.1 Å². The number of hydrogen-bond donors (Lipinski definition) is 0. The van der Waals surface area contributed by atoms with Gasteiger partial charge >= 0.3 is 6.16 Å². The maximum atomic E-state index is 11.5. The smallest absolute Gasteiger partial charge is 0.419 e. The summed E-state index contributed by atoms with van der Waals surface area (Å²) in [7, 11) is 0. The zero-order valence-electron chi connectivity index (χ0n) is 10.3. The van der Waals surface area contributed by atoms with Gasteiger partial charge in [0.2, 0.25) is 0 Å². The van der Waals surface area contributed by atoms with Crippen molar-refractivity contribution in [2.24, 2.45) is 0 Å². The van der Waals surface area contributed by atoms with Crippen LogP contribution in [0, 0.1) is 0 Å². The second-order valence-electron chi connectivity index (χ2n) is 4.82. The summed E-state index contributed by atoms with van der Waals surface area (Å²) < 4.78 is 10.7. The molecule has 1 aliphatic heterocycles. The third-order valence-corrected chi connectivity index (χ3v) is 3.68. The van der Waals surface area contributed by atoms with Crippen LogP contribution in [-0.4, -0.2) is 16.7 Å². The van der Waals surface area contributed by atoms with E-state index in [-0.39, 0.29) is 0 Å². The molecular formula is C14H15NO3. The van der Waals surface area contributed by atoms with Crippen molar-refractivity contribution in [1.82, 2.24) is 4.98 Å². The fourth-order valence-electron chi connectivity index (χ4n) is 2.80. The van der Waals surface area contributed by atoms with Gasteiger partial charge in [0.05, 0.1) is 5.69 Å². The SMILES string of the molecule is C/C(=C1/OC(=O)OC12CCCC2)c1ccccn1. The van der Waals surface area contributed by atoms with Crippen LogP contribution in [0.2, 0.25) is 0 Å². The van der Waals surface area contributed by atoms with Crippen LogP contribution in [0.15, 0.2) is 30.2 Å². The van der Waals surface area contributed by atoms with Crippen LogP contribution < -0.4 is 0 Å². The van der Waals surface area contributed by atoms with Gasteiger partial charge in [-0.25, -0.2) is 4.79 Å². The van der Waals surface area contributed by atoms with Gasteiger partial charge in [0, 0.05) is 11.8 Å². The van der Waals surface area contributed by atoms with Crippen LogP contribution in [0.5, 0.6) is 0 Å². The molecular weight excluding hydrogens is 230 g/mol. The summed E-state index contributed by atoms with van der Waals surface area (Å²) in [5.74, 6) is 0.656. The molecule has 1 aromatic heterocycles. The summed E-state index contributed by atoms with van der Waals surface area (Å²) >= 11 is 0. The van der Waals surface area contributed by atoms with Gasteiger partial charge in [-0.2, -0.15) is 0 Å². The van der Waals surface area contributed by atoms with Crippen molar-refractivity contribution in [3.05, 3.63) is 35.8 Å². The highest BCUT2D eigenvalue weighted by atomic mass is 16.8. The Morgan fingerprint density at radius 2 is 2.11 bits per heavy atom. The lowest BCUT2D eigenvalue weighted by atomic mass is 9.95. The lowest BCUT2D eigenvalue weighted by Crippen LogP contribution is -2.26. The van der Waals surface area contributed by atoms with Crippen molar-refractivity contribution in [1.29, 1.82) is 0 Å². The number of cyclic esters (lactones) is 1. The van der Waals surface area contributed by atoms with E-state index < -0.39 is 11.8 Å². The molecule has 94 valence electrons. The fraction of sp³-hybridized carbons (Fsp3) is 0.429. The number of hydrogen-bond acceptors (Lipinski definition) is 4. The van der Waals surface area contributed by atoms with Crippen LogP contribution in [0.3, 0.4) is 0 Å². The molecule has 1 saturated heterocycles. The van der Waals surface area contributed by atoms with E-state index in [1.54, 1.807) is 6.20 Å². The maximum absolute atomic E-state index is 11.5. The molecule has 3 rings (SSSR count). The minimum absolute atomic E-state index is 0.529. The van der Waals surface area contributed by atoms with Crippen molar-refractivity contribution in [3.63, 3.8) is 0 Å². The van der Waals surface area contributed by atoms with Crippen LogP contribution in [0.25, 0.3) is 5.57 Å². The van der Waals surface area contributed by atoms with Gasteiger partial charge in [-0.3, -0.25) is 4.98 Å². The molecule has 0 aromatic carbocycles. The molecule has 2 heterocycles. The minimum Gasteiger partial charge on any atom is -0.419 e. The molecule has 1 aliphatic carbocycles. The van der Waals surface area contributed by atoms with E-state index in [0.29, 0.717) is 5.76 Å². The molecule has 2 fully saturated rings. The summed E-state index contributed by atoms with van der Waals surface area (Å²) in [5.41, 5.74) is 1.19. The Hall–Kier alpha value is -1.84. The average Bonchev–Trinajstić information content (AvgIpc) is 2.98. The Bertz CT molecular complexity index is 501. The molecule has 2 aliphatic rings. The summed E-state index contributed by atoms with van der Waals surface area (Å²) in [6.45, 7) is 1.93. The first-order valence-corrected chi connectivity index (χ1v) is 6.25. The van der Waals surface area contributed by atoms with Crippen molar-refractivity contribution in [2.45, 2.75) is 38.2 Å². The Morgan fingerprint density at radius 1 is 1.33 bits per heavy atom. The molecule has 1 spiro atoms.